The normalized spacial score (nSPS) is 23.3. The van der Waals surface area contributed by atoms with Crippen molar-refractivity contribution in [3.8, 4) is 22.8 Å². The number of hydrogen-bond acceptors (Lipinski definition) is 11. The Morgan fingerprint density at radius 1 is 0.896 bits per heavy atom. The van der Waals surface area contributed by atoms with Crippen LogP contribution < -0.4 is 20.3 Å². The van der Waals surface area contributed by atoms with Crippen molar-refractivity contribution in [2.45, 2.75) is 50.4 Å². The number of carbonyl (C=O) groups excluding carboxylic acids is 3. The monoisotopic (exact) mass is 652 g/mol. The molecule has 3 aromatic rings. The molecule has 3 N–H and O–H groups in total. The van der Waals surface area contributed by atoms with Gasteiger partial charge in [-0.25, -0.2) is 0 Å². The van der Waals surface area contributed by atoms with Crippen LogP contribution in [0.15, 0.2) is 48.5 Å². The average Bonchev–Trinajstić information content (AvgIpc) is 3.43. The number of phenols is 1. The van der Waals surface area contributed by atoms with Gasteiger partial charge in [0.2, 0.25) is 11.8 Å². The van der Waals surface area contributed by atoms with E-state index in [1.807, 2.05) is 36.4 Å². The molecule has 13 heteroatoms. The first-order chi connectivity index (χ1) is 23.4. The first-order valence-electron chi connectivity index (χ1n) is 16.9. The van der Waals surface area contributed by atoms with Crippen molar-refractivity contribution in [2.75, 3.05) is 62.6 Å². The van der Waals surface area contributed by atoms with E-state index in [1.54, 1.807) is 17.0 Å². The maximum atomic E-state index is 13.0. The second kappa shape index (κ2) is 12.7. The summed E-state index contributed by atoms with van der Waals surface area (Å²) in [4.78, 5) is 46.0. The Balaban J connectivity index is 0.808. The number of piperazine rings is 1. The summed E-state index contributed by atoms with van der Waals surface area (Å²) in [5, 5.41) is 25.0. The molecule has 1 aromatic heterocycles. The summed E-state index contributed by atoms with van der Waals surface area (Å²) in [6.07, 6.45) is 2.84. The van der Waals surface area contributed by atoms with Crippen LogP contribution in [0, 0.1) is 0 Å². The maximum Gasteiger partial charge on any atom is 0.255 e. The molecule has 6 heterocycles. The standard InChI is InChI=1S/C35H40N8O5/c44-31-4-2-1-3-27(31)28-18-30-33(39-38-28)36-19-24-21-41(13-14-42(24)30)23-9-11-40(12-10-23)15-16-48-25-5-6-26-22(17-25)20-43(35(26)47)29-7-8-32(45)37-34(29)46/h1-6,17-18,23-24,29,44H,7-16,19-21H2,(H,36,39)(H,37,45,46)/t24-,29?/m0/s1. The lowest BCUT2D eigenvalue weighted by Crippen LogP contribution is -2.61. The highest BCUT2D eigenvalue weighted by molar-refractivity contribution is 6.05. The van der Waals surface area contributed by atoms with E-state index < -0.39 is 11.9 Å². The number of imide groups is 1. The van der Waals surface area contributed by atoms with Crippen molar-refractivity contribution in [3.63, 3.8) is 0 Å². The zero-order valence-corrected chi connectivity index (χ0v) is 26.8. The minimum absolute atomic E-state index is 0.174. The predicted octanol–water partition coefficient (Wildman–Crippen LogP) is 2.07. The molecule has 5 aliphatic rings. The smallest absolute Gasteiger partial charge is 0.255 e. The Hall–Kier alpha value is -4.75. The third-order valence-corrected chi connectivity index (χ3v) is 10.5. The number of anilines is 2. The number of likely N-dealkylation sites (tertiary alicyclic amines) is 1. The number of carbonyl (C=O) groups is 3. The summed E-state index contributed by atoms with van der Waals surface area (Å²) in [6.45, 7) is 7.55. The number of ether oxygens (including phenoxy) is 1. The van der Waals surface area contributed by atoms with Crippen LogP contribution in [0.2, 0.25) is 0 Å². The Morgan fingerprint density at radius 2 is 1.75 bits per heavy atom. The number of para-hydroxylation sites is 1. The number of nitrogens with zero attached hydrogens (tertiary/aromatic N) is 6. The van der Waals surface area contributed by atoms with Gasteiger partial charge in [-0.15, -0.1) is 10.2 Å². The zero-order chi connectivity index (χ0) is 32.8. The van der Waals surface area contributed by atoms with E-state index in [0.717, 1.165) is 81.5 Å². The fourth-order valence-electron chi connectivity index (χ4n) is 7.91. The number of benzene rings is 2. The van der Waals surface area contributed by atoms with Crippen LogP contribution in [0.25, 0.3) is 11.3 Å². The van der Waals surface area contributed by atoms with Gasteiger partial charge in [0, 0.05) is 62.9 Å². The molecule has 0 radical (unpaired) electrons. The third-order valence-electron chi connectivity index (χ3n) is 10.5. The second-order valence-corrected chi connectivity index (χ2v) is 13.3. The van der Waals surface area contributed by atoms with Crippen molar-refractivity contribution in [2.24, 2.45) is 0 Å². The molecular formula is C35H40N8O5. The van der Waals surface area contributed by atoms with E-state index in [1.165, 1.54) is 0 Å². The van der Waals surface area contributed by atoms with Gasteiger partial charge < -0.3 is 25.0 Å². The topological polar surface area (TPSA) is 143 Å². The minimum atomic E-state index is -0.617. The number of rotatable bonds is 7. The molecule has 48 heavy (non-hydrogen) atoms. The fraction of sp³-hybridized carbons (Fsp3) is 0.457. The number of amides is 3. The molecule has 0 spiro atoms. The molecule has 250 valence electrons. The van der Waals surface area contributed by atoms with E-state index in [0.29, 0.717) is 48.5 Å². The van der Waals surface area contributed by atoms with E-state index in [-0.39, 0.29) is 24.0 Å². The van der Waals surface area contributed by atoms with Gasteiger partial charge in [-0.2, -0.15) is 0 Å². The molecule has 5 aliphatic heterocycles. The molecule has 8 rings (SSSR count). The van der Waals surface area contributed by atoms with Crippen LogP contribution >= 0.6 is 0 Å². The van der Waals surface area contributed by atoms with E-state index in [9.17, 15) is 19.5 Å². The number of aromatic hydroxyl groups is 1. The van der Waals surface area contributed by atoms with Gasteiger partial charge in [0.25, 0.3) is 5.91 Å². The van der Waals surface area contributed by atoms with Crippen molar-refractivity contribution >= 4 is 29.2 Å². The van der Waals surface area contributed by atoms with Crippen LogP contribution in [0.5, 0.6) is 11.5 Å². The first-order valence-corrected chi connectivity index (χ1v) is 16.9. The summed E-state index contributed by atoms with van der Waals surface area (Å²) >= 11 is 0. The Labute approximate surface area is 278 Å². The maximum absolute atomic E-state index is 13.0. The second-order valence-electron chi connectivity index (χ2n) is 13.3. The third kappa shape index (κ3) is 5.81. The SMILES string of the molecule is O=C1CCC(N2Cc3cc(OCCN4CCC(N5CCN6c7cc(-c8ccccc8O)nnc7NC[C@H]6C5)CC4)ccc3C2=O)C(=O)N1. The highest BCUT2D eigenvalue weighted by atomic mass is 16.5. The Bertz CT molecular complexity index is 1740. The summed E-state index contributed by atoms with van der Waals surface area (Å²) in [5.41, 5.74) is 3.86. The number of piperidine rings is 2. The largest absolute Gasteiger partial charge is 0.507 e. The Morgan fingerprint density at radius 3 is 2.58 bits per heavy atom. The van der Waals surface area contributed by atoms with Crippen LogP contribution in [0.4, 0.5) is 11.5 Å². The van der Waals surface area contributed by atoms with Gasteiger partial charge in [-0.3, -0.25) is 29.5 Å². The average molecular weight is 653 g/mol. The van der Waals surface area contributed by atoms with E-state index in [4.69, 9.17) is 4.74 Å². The summed E-state index contributed by atoms with van der Waals surface area (Å²) < 4.78 is 6.12. The molecule has 3 saturated heterocycles. The van der Waals surface area contributed by atoms with Crippen molar-refractivity contribution in [1.29, 1.82) is 0 Å². The van der Waals surface area contributed by atoms with E-state index >= 15 is 0 Å². The van der Waals surface area contributed by atoms with Gasteiger partial charge in [0.15, 0.2) is 5.82 Å². The summed E-state index contributed by atoms with van der Waals surface area (Å²) in [6, 6.07) is 15.1. The van der Waals surface area contributed by atoms with Crippen LogP contribution in [-0.2, 0) is 16.1 Å². The summed E-state index contributed by atoms with van der Waals surface area (Å²) in [5.74, 6) is 0.868. The lowest BCUT2D eigenvalue weighted by molar-refractivity contribution is -0.136. The van der Waals surface area contributed by atoms with Crippen LogP contribution in [0.3, 0.4) is 0 Å². The predicted molar refractivity (Wildman–Crippen MR) is 178 cm³/mol. The Kier molecular flexibility index (Phi) is 8.09. The lowest BCUT2D eigenvalue weighted by Gasteiger charge is -2.49. The van der Waals surface area contributed by atoms with Crippen molar-refractivity contribution in [3.05, 3.63) is 59.7 Å². The van der Waals surface area contributed by atoms with Crippen molar-refractivity contribution < 1.29 is 24.2 Å². The van der Waals surface area contributed by atoms with Crippen LogP contribution in [0.1, 0.15) is 41.6 Å². The highest BCUT2D eigenvalue weighted by Gasteiger charge is 2.39. The number of nitrogens with one attached hydrogen (secondary N) is 2. The number of phenolic OH excluding ortho intramolecular Hbond substituents is 1. The molecule has 0 aliphatic carbocycles. The molecule has 13 nitrogen and oxygen atoms in total. The molecule has 2 aromatic carbocycles. The quantitative estimate of drug-likeness (QED) is 0.323. The van der Waals surface area contributed by atoms with Gasteiger partial charge in [-0.1, -0.05) is 12.1 Å². The van der Waals surface area contributed by atoms with Gasteiger partial charge in [0.1, 0.15) is 24.1 Å². The first kappa shape index (κ1) is 30.6. The molecule has 3 amide bonds. The number of hydrogen-bond donors (Lipinski definition) is 3. The lowest BCUT2D eigenvalue weighted by atomic mass is 9.99. The zero-order valence-electron chi connectivity index (χ0n) is 26.8. The van der Waals surface area contributed by atoms with Gasteiger partial charge >= 0.3 is 0 Å². The fourth-order valence-corrected chi connectivity index (χ4v) is 7.91. The summed E-state index contributed by atoms with van der Waals surface area (Å²) in [7, 11) is 0. The van der Waals surface area contributed by atoms with Crippen LogP contribution in [-0.4, -0.2) is 118 Å². The van der Waals surface area contributed by atoms with Crippen molar-refractivity contribution in [1.82, 2.24) is 30.2 Å². The van der Waals surface area contributed by atoms with E-state index in [2.05, 4.69) is 35.5 Å². The highest BCUT2D eigenvalue weighted by Crippen LogP contribution is 2.37. The molecule has 1 unspecified atom stereocenters. The molecule has 0 saturated carbocycles. The molecular weight excluding hydrogens is 612 g/mol. The molecule has 2 atom stereocenters. The van der Waals surface area contributed by atoms with Gasteiger partial charge in [0.05, 0.1) is 17.4 Å². The minimum Gasteiger partial charge on any atom is -0.507 e. The van der Waals surface area contributed by atoms with Gasteiger partial charge in [-0.05, 0) is 74.3 Å². The number of fused-ring (bicyclic) bond motifs is 4. The number of aromatic nitrogens is 2. The molecule has 0 bridgehead atoms. The molecule has 3 fully saturated rings.